The van der Waals surface area contributed by atoms with E-state index in [1.807, 2.05) is 0 Å². The zero-order valence-corrected chi connectivity index (χ0v) is 45.8. The predicted molar refractivity (Wildman–Crippen MR) is 288 cm³/mol. The second-order valence-electron chi connectivity index (χ2n) is 21.4. The largest absolute Gasteiger partial charge is 0.466 e. The maximum absolute atomic E-state index is 14.0. The second-order valence-corrected chi connectivity index (χ2v) is 21.4. The molecular weight excluding hydrogens is 829 g/mol. The summed E-state index contributed by atoms with van der Waals surface area (Å²) in [6, 6.07) is 0.338. The second kappa shape index (κ2) is 48.0. The fourth-order valence-corrected chi connectivity index (χ4v) is 10.5. The molecule has 0 N–H and O–H groups in total. The summed E-state index contributed by atoms with van der Waals surface area (Å²) in [4.78, 5) is 44.2. The minimum absolute atomic E-state index is 0.00166. The average molecular weight is 946 g/mol. The van der Waals surface area contributed by atoms with Crippen LogP contribution in [-0.4, -0.2) is 73.1 Å². The molecule has 67 heavy (non-hydrogen) atoms. The van der Waals surface area contributed by atoms with E-state index in [1.165, 1.54) is 219 Å². The van der Waals surface area contributed by atoms with Gasteiger partial charge in [0.2, 0.25) is 5.91 Å². The van der Waals surface area contributed by atoms with Gasteiger partial charge in [0.15, 0.2) is 0 Å². The smallest absolute Gasteiger partial charge is 0.305 e. The van der Waals surface area contributed by atoms with Crippen molar-refractivity contribution in [2.75, 3.05) is 39.4 Å². The number of carbonyl (C=O) groups is 3. The number of esters is 2. The Morgan fingerprint density at radius 3 is 1.39 bits per heavy atom. The Labute approximate surface area is 417 Å². The number of ether oxygens (including phenoxy) is 2. The zero-order chi connectivity index (χ0) is 48.7. The molecule has 0 saturated carbocycles. The Hall–Kier alpha value is -1.63. The van der Waals surface area contributed by atoms with Crippen molar-refractivity contribution in [3.05, 3.63) is 0 Å². The summed E-state index contributed by atoms with van der Waals surface area (Å²) < 4.78 is 11.5. The van der Waals surface area contributed by atoms with Gasteiger partial charge in [-0.05, 0) is 109 Å². The third kappa shape index (κ3) is 38.8. The molecule has 0 aromatic rings. The lowest BCUT2D eigenvalue weighted by Gasteiger charge is -2.33. The SMILES string of the molecule is CCCCCCCC(=O)N(CCCCN1CCCC1)C(CCCCCCCCC(=O)OCCC(CCCC)CCCCCC)CCCCCCCCC(=O)OCC(CCCC)CCCCCC. The predicted octanol–water partition coefficient (Wildman–Crippen LogP) is 17.7. The van der Waals surface area contributed by atoms with E-state index >= 15 is 0 Å². The Morgan fingerprint density at radius 2 is 0.836 bits per heavy atom. The van der Waals surface area contributed by atoms with Crippen LogP contribution in [0.4, 0.5) is 0 Å². The number of carbonyl (C=O) groups excluding carboxylic acids is 3. The van der Waals surface area contributed by atoms with Gasteiger partial charge in [0.05, 0.1) is 13.2 Å². The lowest BCUT2D eigenvalue weighted by Crippen LogP contribution is -2.41. The number of hydrogen-bond donors (Lipinski definition) is 0. The van der Waals surface area contributed by atoms with Gasteiger partial charge in [-0.15, -0.1) is 0 Å². The van der Waals surface area contributed by atoms with E-state index in [-0.39, 0.29) is 11.9 Å². The highest BCUT2D eigenvalue weighted by atomic mass is 16.5. The van der Waals surface area contributed by atoms with E-state index in [0.717, 1.165) is 64.3 Å². The summed E-state index contributed by atoms with van der Waals surface area (Å²) in [6.45, 7) is 17.1. The van der Waals surface area contributed by atoms with Crippen LogP contribution in [0.3, 0.4) is 0 Å². The van der Waals surface area contributed by atoms with Gasteiger partial charge in [0.25, 0.3) is 0 Å². The number of unbranched alkanes of at least 4 members (excludes halogenated alkanes) is 23. The molecule has 396 valence electrons. The first-order valence-corrected chi connectivity index (χ1v) is 30.2. The fraction of sp³-hybridized carbons (Fsp3) is 0.950. The highest BCUT2D eigenvalue weighted by Crippen LogP contribution is 2.24. The van der Waals surface area contributed by atoms with Crippen molar-refractivity contribution in [2.45, 2.75) is 317 Å². The minimum Gasteiger partial charge on any atom is -0.466 e. The van der Waals surface area contributed by atoms with Crippen molar-refractivity contribution < 1.29 is 23.9 Å². The van der Waals surface area contributed by atoms with E-state index in [4.69, 9.17) is 9.47 Å². The number of hydrogen-bond acceptors (Lipinski definition) is 6. The van der Waals surface area contributed by atoms with Crippen molar-refractivity contribution in [3.8, 4) is 0 Å². The molecule has 7 nitrogen and oxygen atoms in total. The van der Waals surface area contributed by atoms with Crippen molar-refractivity contribution in [2.24, 2.45) is 11.8 Å². The van der Waals surface area contributed by atoms with Gasteiger partial charge in [-0.25, -0.2) is 0 Å². The first-order valence-electron chi connectivity index (χ1n) is 30.2. The van der Waals surface area contributed by atoms with E-state index < -0.39 is 0 Å². The molecule has 1 saturated heterocycles. The molecule has 1 fully saturated rings. The van der Waals surface area contributed by atoms with Crippen LogP contribution in [0, 0.1) is 11.8 Å². The van der Waals surface area contributed by atoms with Crippen LogP contribution in [0.2, 0.25) is 0 Å². The summed E-state index contributed by atoms with van der Waals surface area (Å²) in [5.41, 5.74) is 0. The quantitative estimate of drug-likeness (QED) is 0.0447. The Bertz CT molecular complexity index is 1090. The molecule has 1 aliphatic heterocycles. The van der Waals surface area contributed by atoms with Gasteiger partial charge < -0.3 is 19.3 Å². The van der Waals surface area contributed by atoms with Crippen LogP contribution in [0.5, 0.6) is 0 Å². The lowest BCUT2D eigenvalue weighted by atomic mass is 9.92. The first-order chi connectivity index (χ1) is 32.9. The van der Waals surface area contributed by atoms with Gasteiger partial charge in [-0.1, -0.05) is 214 Å². The summed E-state index contributed by atoms with van der Waals surface area (Å²) in [5, 5.41) is 0. The van der Waals surface area contributed by atoms with Crippen LogP contribution >= 0.6 is 0 Å². The highest BCUT2D eigenvalue weighted by Gasteiger charge is 2.23. The molecule has 1 rings (SSSR count). The third-order valence-corrected chi connectivity index (χ3v) is 15.0. The molecule has 0 aromatic carbocycles. The lowest BCUT2D eigenvalue weighted by molar-refractivity contribution is -0.145. The van der Waals surface area contributed by atoms with Crippen molar-refractivity contribution in [3.63, 3.8) is 0 Å². The summed E-state index contributed by atoms with van der Waals surface area (Å²) in [6.07, 6.45) is 49.7. The monoisotopic (exact) mass is 945 g/mol. The maximum Gasteiger partial charge on any atom is 0.305 e. The zero-order valence-electron chi connectivity index (χ0n) is 45.8. The molecular formula is C60H116N2O5. The number of rotatable bonds is 51. The normalized spacial score (nSPS) is 14.3. The van der Waals surface area contributed by atoms with Crippen LogP contribution in [0.1, 0.15) is 311 Å². The standard InChI is InChI=1S/C60H116N2O5/c1-6-11-16-23-32-45-58(63)62(52-38-37-51-61-49-35-36-50-61)57(44-31-25-20-22-27-34-47-60(65)67-54-56(40-15-10-5)42-29-18-13-8-3)43-30-24-19-21-26-33-46-59(64)66-53-48-55(39-14-9-4)41-28-17-12-7-2/h55-57H,6-54H2,1-5H3. The molecule has 3 unspecified atom stereocenters. The van der Waals surface area contributed by atoms with Gasteiger partial charge >= 0.3 is 11.9 Å². The van der Waals surface area contributed by atoms with Crippen LogP contribution in [0.25, 0.3) is 0 Å². The van der Waals surface area contributed by atoms with Crippen molar-refractivity contribution >= 4 is 17.8 Å². The van der Waals surface area contributed by atoms with E-state index in [0.29, 0.717) is 56.3 Å². The number of amides is 1. The first kappa shape index (κ1) is 63.4. The molecule has 1 amide bonds. The Kier molecular flexibility index (Phi) is 45.4. The van der Waals surface area contributed by atoms with Crippen LogP contribution in [-0.2, 0) is 23.9 Å². The maximum atomic E-state index is 14.0. The van der Waals surface area contributed by atoms with E-state index in [1.54, 1.807) is 0 Å². The van der Waals surface area contributed by atoms with Gasteiger partial charge in [0.1, 0.15) is 0 Å². The molecule has 0 aliphatic carbocycles. The molecule has 0 radical (unpaired) electrons. The minimum atomic E-state index is -0.00631. The van der Waals surface area contributed by atoms with Crippen LogP contribution < -0.4 is 0 Å². The van der Waals surface area contributed by atoms with Gasteiger partial charge in [-0.3, -0.25) is 14.4 Å². The van der Waals surface area contributed by atoms with Crippen LogP contribution in [0.15, 0.2) is 0 Å². The molecule has 3 atom stereocenters. The van der Waals surface area contributed by atoms with Crippen molar-refractivity contribution in [1.29, 1.82) is 0 Å². The molecule has 1 aliphatic rings. The Morgan fingerprint density at radius 1 is 0.418 bits per heavy atom. The molecule has 1 heterocycles. The molecule has 0 bridgehead atoms. The van der Waals surface area contributed by atoms with Gasteiger partial charge in [0, 0.05) is 31.8 Å². The molecule has 0 spiro atoms. The summed E-state index contributed by atoms with van der Waals surface area (Å²) >= 11 is 0. The molecule has 0 aromatic heterocycles. The summed E-state index contributed by atoms with van der Waals surface area (Å²) in [5.74, 6) is 1.62. The highest BCUT2D eigenvalue weighted by molar-refractivity contribution is 5.76. The van der Waals surface area contributed by atoms with Crippen molar-refractivity contribution in [1.82, 2.24) is 9.80 Å². The number of nitrogens with zero attached hydrogens (tertiary/aromatic N) is 2. The van der Waals surface area contributed by atoms with E-state index in [2.05, 4.69) is 44.4 Å². The van der Waals surface area contributed by atoms with E-state index in [9.17, 15) is 14.4 Å². The summed E-state index contributed by atoms with van der Waals surface area (Å²) in [7, 11) is 0. The van der Waals surface area contributed by atoms with Gasteiger partial charge in [-0.2, -0.15) is 0 Å². The average Bonchev–Trinajstić information content (AvgIpc) is 3.86. The number of likely N-dealkylation sites (tertiary alicyclic amines) is 1. The third-order valence-electron chi connectivity index (χ3n) is 15.0. The fourth-order valence-electron chi connectivity index (χ4n) is 10.5. The molecule has 7 heteroatoms. The topological polar surface area (TPSA) is 76.2 Å². The Balaban J connectivity index is 2.60.